The minimum Gasteiger partial charge on any atom is -0.543 e. The van der Waals surface area contributed by atoms with Crippen molar-refractivity contribution in [3.8, 4) is 0 Å². The molecule has 0 radical (unpaired) electrons. The van der Waals surface area contributed by atoms with Crippen molar-refractivity contribution in [2.75, 3.05) is 5.32 Å². The second kappa shape index (κ2) is 7.24. The van der Waals surface area contributed by atoms with Crippen LogP contribution in [0.3, 0.4) is 0 Å². The van der Waals surface area contributed by atoms with Gasteiger partial charge in [-0.1, -0.05) is 35.9 Å². The summed E-state index contributed by atoms with van der Waals surface area (Å²) in [5.74, 6) is -1.43. The zero-order valence-electron chi connectivity index (χ0n) is 14.9. The third-order valence-corrected chi connectivity index (χ3v) is 5.03. The summed E-state index contributed by atoms with van der Waals surface area (Å²) in [6.45, 7) is 2.08. The summed E-state index contributed by atoms with van der Waals surface area (Å²) in [7, 11) is 0. The maximum Gasteiger partial charge on any atom is 0.275 e. The lowest BCUT2D eigenvalue weighted by Crippen LogP contribution is -2.31. The van der Waals surface area contributed by atoms with Crippen LogP contribution < -0.4 is 16.0 Å². The summed E-state index contributed by atoms with van der Waals surface area (Å²) in [5, 5.41) is 21.7. The molecule has 2 heterocycles. The van der Waals surface area contributed by atoms with Crippen LogP contribution in [0, 0.1) is 6.92 Å². The van der Waals surface area contributed by atoms with E-state index < -0.39 is 5.97 Å². The highest BCUT2D eigenvalue weighted by molar-refractivity contribution is 7.13. The number of thiazole rings is 1. The molecule has 0 unspecified atom stereocenters. The molecule has 140 valence electrons. The van der Waals surface area contributed by atoms with E-state index in [9.17, 15) is 14.7 Å². The highest BCUT2D eigenvalue weighted by atomic mass is 32.1. The number of benzene rings is 2. The summed E-state index contributed by atoms with van der Waals surface area (Å²) in [5.41, 5.74) is 2.04. The number of nitrogens with one attached hydrogen (secondary N) is 1. The molecule has 0 amide bonds. The summed E-state index contributed by atoms with van der Waals surface area (Å²) in [6.07, 6.45) is 0. The van der Waals surface area contributed by atoms with Crippen LogP contribution in [0.2, 0.25) is 0 Å². The van der Waals surface area contributed by atoms with E-state index in [1.807, 2.05) is 31.2 Å². The Bertz CT molecular complexity index is 1230. The number of anilines is 2. The number of aromatic carboxylic acids is 1. The molecule has 0 aliphatic heterocycles. The number of hydrogen-bond donors (Lipinski definition) is 1. The topological polar surface area (TPSA) is 99.9 Å². The van der Waals surface area contributed by atoms with Crippen molar-refractivity contribution < 1.29 is 9.90 Å². The Balaban J connectivity index is 1.64. The number of carbonyl (C=O) groups excluding carboxylic acids is 1. The second-order valence-corrected chi connectivity index (χ2v) is 7.14. The Morgan fingerprint density at radius 3 is 2.57 bits per heavy atom. The van der Waals surface area contributed by atoms with Gasteiger partial charge in [0.05, 0.1) is 23.6 Å². The fraction of sp³-hybridized carbons (Fsp3) is 0.100. The SMILES string of the molecule is Cc1ccc(Nc2nc(Cn3nc(C(=O)[O-])c4ccccc4c3=O)cs2)cc1. The van der Waals surface area contributed by atoms with E-state index in [2.05, 4.69) is 15.4 Å². The van der Waals surface area contributed by atoms with Crippen molar-refractivity contribution in [1.29, 1.82) is 0 Å². The Hall–Kier alpha value is -3.52. The van der Waals surface area contributed by atoms with Crippen molar-refractivity contribution in [3.05, 3.63) is 81.2 Å². The average molecular weight is 391 g/mol. The molecule has 28 heavy (non-hydrogen) atoms. The van der Waals surface area contributed by atoms with Crippen LogP contribution in [-0.4, -0.2) is 20.7 Å². The molecule has 0 aliphatic rings. The van der Waals surface area contributed by atoms with Gasteiger partial charge in [0.25, 0.3) is 5.56 Å². The molecule has 0 saturated carbocycles. The number of carboxylic acid groups (broad SMARTS) is 1. The Kier molecular flexibility index (Phi) is 4.62. The molecule has 1 N–H and O–H groups in total. The molecular weight excluding hydrogens is 376 g/mol. The fourth-order valence-electron chi connectivity index (χ4n) is 2.84. The first-order valence-electron chi connectivity index (χ1n) is 8.50. The molecule has 0 saturated heterocycles. The van der Waals surface area contributed by atoms with Crippen LogP contribution in [0.5, 0.6) is 0 Å². The molecule has 4 rings (SSSR count). The van der Waals surface area contributed by atoms with Gasteiger partial charge in [0.1, 0.15) is 5.69 Å². The molecule has 0 spiro atoms. The zero-order chi connectivity index (χ0) is 19.7. The molecule has 2 aromatic carbocycles. The van der Waals surface area contributed by atoms with Gasteiger partial charge in [-0.25, -0.2) is 9.67 Å². The summed E-state index contributed by atoms with van der Waals surface area (Å²) >= 11 is 1.39. The Labute approximate surface area is 163 Å². The molecule has 2 aromatic heterocycles. The van der Waals surface area contributed by atoms with Gasteiger partial charge in [-0.2, -0.15) is 5.10 Å². The smallest absolute Gasteiger partial charge is 0.275 e. The normalized spacial score (nSPS) is 10.9. The van der Waals surface area contributed by atoms with Crippen LogP contribution >= 0.6 is 11.3 Å². The lowest BCUT2D eigenvalue weighted by Gasteiger charge is -2.10. The van der Waals surface area contributed by atoms with Crippen LogP contribution in [0.25, 0.3) is 10.8 Å². The number of carbonyl (C=O) groups is 1. The van der Waals surface area contributed by atoms with Gasteiger partial charge in [0.15, 0.2) is 5.13 Å². The number of hydrogen-bond acceptors (Lipinski definition) is 7. The van der Waals surface area contributed by atoms with Crippen LogP contribution in [0.15, 0.2) is 58.7 Å². The Morgan fingerprint density at radius 2 is 1.86 bits per heavy atom. The predicted molar refractivity (Wildman–Crippen MR) is 106 cm³/mol. The molecule has 0 aliphatic carbocycles. The van der Waals surface area contributed by atoms with Gasteiger partial charge in [-0.15, -0.1) is 11.3 Å². The van der Waals surface area contributed by atoms with Gasteiger partial charge in [0, 0.05) is 16.5 Å². The standard InChI is InChI=1S/C20H16N4O3S/c1-12-6-8-13(9-7-12)21-20-22-14(11-28-20)10-24-18(25)16-5-3-2-4-15(16)17(23-24)19(26)27/h2-9,11H,10H2,1H3,(H,21,22)(H,26,27)/p-1. The zero-order valence-corrected chi connectivity index (χ0v) is 15.7. The minimum absolute atomic E-state index is 0.0655. The molecular formula is C20H15N4O3S-. The number of carboxylic acids is 1. The highest BCUT2D eigenvalue weighted by Gasteiger charge is 2.12. The molecule has 0 fully saturated rings. The number of aryl methyl sites for hydroxylation is 1. The van der Waals surface area contributed by atoms with Crippen LogP contribution in [-0.2, 0) is 6.54 Å². The van der Waals surface area contributed by atoms with E-state index in [0.29, 0.717) is 10.8 Å². The quantitative estimate of drug-likeness (QED) is 0.560. The molecule has 0 bridgehead atoms. The number of fused-ring (bicyclic) bond motifs is 1. The molecule has 8 heteroatoms. The van der Waals surface area contributed by atoms with Crippen molar-refractivity contribution in [3.63, 3.8) is 0 Å². The maximum atomic E-state index is 12.7. The molecule has 0 atom stereocenters. The van der Waals surface area contributed by atoms with Gasteiger partial charge in [-0.05, 0) is 25.1 Å². The first-order valence-corrected chi connectivity index (χ1v) is 9.38. The highest BCUT2D eigenvalue weighted by Crippen LogP contribution is 2.21. The third kappa shape index (κ3) is 3.49. The number of nitrogens with zero attached hydrogens (tertiary/aromatic N) is 3. The predicted octanol–water partition coefficient (Wildman–Crippen LogP) is 2.32. The van der Waals surface area contributed by atoms with Crippen molar-refractivity contribution in [2.45, 2.75) is 13.5 Å². The van der Waals surface area contributed by atoms with Crippen LogP contribution in [0.4, 0.5) is 10.8 Å². The summed E-state index contributed by atoms with van der Waals surface area (Å²) < 4.78 is 1.11. The van der Waals surface area contributed by atoms with Crippen LogP contribution in [0.1, 0.15) is 21.7 Å². The van der Waals surface area contributed by atoms with Gasteiger partial charge in [0.2, 0.25) is 0 Å². The molecule has 4 aromatic rings. The van der Waals surface area contributed by atoms with E-state index >= 15 is 0 Å². The van der Waals surface area contributed by atoms with E-state index in [0.717, 1.165) is 15.9 Å². The second-order valence-electron chi connectivity index (χ2n) is 6.28. The Morgan fingerprint density at radius 1 is 1.14 bits per heavy atom. The van der Waals surface area contributed by atoms with Gasteiger partial charge < -0.3 is 15.2 Å². The number of rotatable bonds is 5. The minimum atomic E-state index is -1.43. The van der Waals surface area contributed by atoms with Crippen molar-refractivity contribution in [1.82, 2.24) is 14.8 Å². The summed E-state index contributed by atoms with van der Waals surface area (Å²) in [6, 6.07) is 14.4. The lowest BCUT2D eigenvalue weighted by molar-refractivity contribution is -0.255. The maximum absolute atomic E-state index is 12.7. The van der Waals surface area contributed by atoms with Gasteiger partial charge in [-0.3, -0.25) is 4.79 Å². The van der Waals surface area contributed by atoms with Gasteiger partial charge >= 0.3 is 0 Å². The number of aromatic nitrogens is 3. The average Bonchev–Trinajstić information content (AvgIpc) is 3.12. The first kappa shape index (κ1) is 17.9. The van der Waals surface area contributed by atoms with Crippen molar-refractivity contribution >= 4 is 38.9 Å². The molecule has 7 nitrogen and oxygen atoms in total. The van der Waals surface area contributed by atoms with E-state index in [-0.39, 0.29) is 28.6 Å². The third-order valence-electron chi connectivity index (χ3n) is 4.23. The van der Waals surface area contributed by atoms with E-state index in [4.69, 9.17) is 0 Å². The largest absolute Gasteiger partial charge is 0.543 e. The lowest BCUT2D eigenvalue weighted by atomic mass is 10.1. The monoisotopic (exact) mass is 391 g/mol. The first-order chi connectivity index (χ1) is 13.5. The van der Waals surface area contributed by atoms with E-state index in [1.165, 1.54) is 11.3 Å². The van der Waals surface area contributed by atoms with Crippen molar-refractivity contribution in [2.24, 2.45) is 0 Å². The summed E-state index contributed by atoms with van der Waals surface area (Å²) in [4.78, 5) is 28.6. The fourth-order valence-corrected chi connectivity index (χ4v) is 3.57. The van der Waals surface area contributed by atoms with E-state index in [1.54, 1.807) is 29.6 Å².